The summed E-state index contributed by atoms with van der Waals surface area (Å²) < 4.78 is 58.5. The topological polar surface area (TPSA) is 120 Å². The van der Waals surface area contributed by atoms with Crippen LogP contribution >= 0.6 is 0 Å². The Labute approximate surface area is 191 Å². The highest BCUT2D eigenvalue weighted by Gasteiger charge is 2.23. The number of hydrogen-bond acceptors (Lipinski definition) is 8. The third-order valence-electron chi connectivity index (χ3n) is 4.53. The lowest BCUT2D eigenvalue weighted by Gasteiger charge is -2.17. The van der Waals surface area contributed by atoms with E-state index in [0.717, 1.165) is 18.0 Å². The lowest BCUT2D eigenvalue weighted by Crippen LogP contribution is -2.16. The van der Waals surface area contributed by atoms with E-state index in [1.54, 1.807) is 12.1 Å². The molecule has 176 valence electrons. The fourth-order valence-corrected chi connectivity index (χ4v) is 3.84. The van der Waals surface area contributed by atoms with Crippen molar-refractivity contribution in [2.75, 3.05) is 25.0 Å². The van der Waals surface area contributed by atoms with Crippen LogP contribution in [0, 0.1) is 5.82 Å². The molecule has 0 aliphatic carbocycles. The molecule has 0 bridgehead atoms. The Bertz CT molecular complexity index is 1200. The zero-order chi connectivity index (χ0) is 24.0. The number of aliphatic hydroxyl groups excluding tert-OH is 1. The lowest BCUT2D eigenvalue weighted by atomic mass is 10.0. The maximum absolute atomic E-state index is 13.8. The molecule has 1 aromatic heterocycles. The largest absolute Gasteiger partial charge is 0.493 e. The number of halogens is 1. The Balaban J connectivity index is 2.02. The Morgan fingerprint density at radius 2 is 1.82 bits per heavy atom. The fourth-order valence-electron chi connectivity index (χ4n) is 2.83. The van der Waals surface area contributed by atoms with Crippen molar-refractivity contribution in [3.8, 4) is 23.1 Å². The molecule has 3 aromatic rings. The maximum Gasteiger partial charge on any atom is 0.263 e. The molecule has 11 heteroatoms. The third-order valence-corrected chi connectivity index (χ3v) is 5.88. The van der Waals surface area contributed by atoms with Crippen molar-refractivity contribution in [3.63, 3.8) is 0 Å². The Morgan fingerprint density at radius 3 is 2.45 bits per heavy atom. The molecule has 2 aromatic carbocycles. The second-order valence-electron chi connectivity index (χ2n) is 7.16. The van der Waals surface area contributed by atoms with Gasteiger partial charge in [0.15, 0.2) is 17.3 Å². The number of aliphatic hydroxyl groups is 1. The quantitative estimate of drug-likeness (QED) is 0.453. The van der Waals surface area contributed by atoms with Gasteiger partial charge in [0.25, 0.3) is 15.9 Å². The number of benzene rings is 2. The molecule has 0 spiro atoms. The minimum absolute atomic E-state index is 0.0117. The lowest BCUT2D eigenvalue weighted by molar-refractivity contribution is 0.192. The van der Waals surface area contributed by atoms with Gasteiger partial charge < -0.3 is 19.3 Å². The predicted molar refractivity (Wildman–Crippen MR) is 119 cm³/mol. The Kier molecular flexibility index (Phi) is 7.67. The van der Waals surface area contributed by atoms with E-state index in [-0.39, 0.29) is 53.0 Å². The number of rotatable bonds is 10. The van der Waals surface area contributed by atoms with Crippen LogP contribution in [-0.2, 0) is 10.0 Å². The van der Waals surface area contributed by atoms with E-state index < -0.39 is 15.8 Å². The normalized spacial score (nSPS) is 11.3. The van der Waals surface area contributed by atoms with Crippen molar-refractivity contribution < 1.29 is 32.1 Å². The van der Waals surface area contributed by atoms with Crippen LogP contribution < -0.4 is 18.9 Å². The number of sulfonamides is 1. The van der Waals surface area contributed by atoms with Crippen molar-refractivity contribution in [2.24, 2.45) is 0 Å². The minimum atomic E-state index is -4.06. The number of methoxy groups -OCH3 is 1. The van der Waals surface area contributed by atoms with Gasteiger partial charge in [0, 0.05) is 6.07 Å². The van der Waals surface area contributed by atoms with Crippen molar-refractivity contribution >= 4 is 15.8 Å². The SMILES string of the molecule is COc1ccc(F)cc1Oc1c(NS(=O)(=O)c2ccc(C(C)C)cc2)ncnc1OCCO. The van der Waals surface area contributed by atoms with E-state index in [1.807, 2.05) is 13.8 Å². The van der Waals surface area contributed by atoms with E-state index in [0.29, 0.717) is 0 Å². The second-order valence-corrected chi connectivity index (χ2v) is 8.84. The van der Waals surface area contributed by atoms with Gasteiger partial charge in [-0.2, -0.15) is 4.98 Å². The number of anilines is 1. The van der Waals surface area contributed by atoms with Gasteiger partial charge in [0.05, 0.1) is 18.6 Å². The van der Waals surface area contributed by atoms with Crippen LogP contribution in [0.3, 0.4) is 0 Å². The standard InChI is InChI=1S/C22H24FN3O6S/c1-14(2)15-4-7-17(8-5-15)33(28,29)26-21-20(22(25-13-24-21)31-11-10-27)32-19-12-16(23)6-9-18(19)30-3/h4-9,12-14,27H,10-11H2,1-3H3,(H,24,25,26). The first-order valence-corrected chi connectivity index (χ1v) is 11.5. The summed E-state index contributed by atoms with van der Waals surface area (Å²) in [5.74, 6) is -0.848. The van der Waals surface area contributed by atoms with Gasteiger partial charge in [-0.15, -0.1) is 0 Å². The molecule has 0 aliphatic rings. The molecule has 2 N–H and O–H groups in total. The van der Waals surface area contributed by atoms with Gasteiger partial charge in [-0.1, -0.05) is 26.0 Å². The zero-order valence-corrected chi connectivity index (χ0v) is 19.1. The monoisotopic (exact) mass is 477 g/mol. The van der Waals surface area contributed by atoms with Crippen LogP contribution in [0.5, 0.6) is 23.1 Å². The molecule has 3 rings (SSSR count). The van der Waals surface area contributed by atoms with Gasteiger partial charge in [0.1, 0.15) is 18.8 Å². The van der Waals surface area contributed by atoms with Gasteiger partial charge in [0.2, 0.25) is 5.75 Å². The summed E-state index contributed by atoms with van der Waals surface area (Å²) in [5, 5.41) is 9.10. The molecule has 0 saturated heterocycles. The second kappa shape index (κ2) is 10.5. The Hall–Kier alpha value is -3.44. The van der Waals surface area contributed by atoms with Gasteiger partial charge in [-0.3, -0.25) is 4.72 Å². The smallest absolute Gasteiger partial charge is 0.263 e. The minimum Gasteiger partial charge on any atom is -0.493 e. The zero-order valence-electron chi connectivity index (χ0n) is 18.3. The maximum atomic E-state index is 13.8. The highest BCUT2D eigenvalue weighted by Crippen LogP contribution is 2.40. The molecule has 9 nitrogen and oxygen atoms in total. The van der Waals surface area contributed by atoms with E-state index in [1.165, 1.54) is 31.4 Å². The molecule has 33 heavy (non-hydrogen) atoms. The molecule has 0 fully saturated rings. The number of nitrogens with one attached hydrogen (secondary N) is 1. The van der Waals surface area contributed by atoms with Crippen molar-refractivity contribution in [2.45, 2.75) is 24.7 Å². The molecule has 0 aliphatic heterocycles. The summed E-state index contributed by atoms with van der Waals surface area (Å²) in [6.07, 6.45) is 1.07. The van der Waals surface area contributed by atoms with Crippen LogP contribution in [0.4, 0.5) is 10.2 Å². The van der Waals surface area contributed by atoms with Gasteiger partial charge in [-0.25, -0.2) is 17.8 Å². The number of aromatic nitrogens is 2. The molecule has 0 saturated carbocycles. The Morgan fingerprint density at radius 1 is 1.09 bits per heavy atom. The summed E-state index contributed by atoms with van der Waals surface area (Å²) in [7, 11) is -2.69. The number of ether oxygens (including phenoxy) is 3. The molecule has 0 atom stereocenters. The van der Waals surface area contributed by atoms with Crippen LogP contribution in [0.1, 0.15) is 25.3 Å². The molecular formula is C22H24FN3O6S. The van der Waals surface area contributed by atoms with Crippen LogP contribution in [0.2, 0.25) is 0 Å². The average molecular weight is 478 g/mol. The third kappa shape index (κ3) is 5.88. The van der Waals surface area contributed by atoms with Crippen LogP contribution in [0.15, 0.2) is 53.7 Å². The van der Waals surface area contributed by atoms with Gasteiger partial charge >= 0.3 is 0 Å². The fraction of sp³-hybridized carbons (Fsp3) is 0.273. The highest BCUT2D eigenvalue weighted by molar-refractivity contribution is 7.92. The average Bonchev–Trinajstić information content (AvgIpc) is 2.79. The van der Waals surface area contributed by atoms with Crippen LogP contribution in [0.25, 0.3) is 0 Å². The molecule has 0 unspecified atom stereocenters. The van der Waals surface area contributed by atoms with Crippen molar-refractivity contribution in [1.29, 1.82) is 0 Å². The summed E-state index contributed by atoms with van der Waals surface area (Å²) >= 11 is 0. The first-order chi connectivity index (χ1) is 15.7. The predicted octanol–water partition coefficient (Wildman–Crippen LogP) is 3.71. The molecular weight excluding hydrogens is 453 g/mol. The summed E-state index contributed by atoms with van der Waals surface area (Å²) in [5.41, 5.74) is 0.984. The van der Waals surface area contributed by atoms with E-state index in [9.17, 15) is 12.8 Å². The first kappa shape index (κ1) is 24.2. The number of hydrogen-bond donors (Lipinski definition) is 2. The summed E-state index contributed by atoms with van der Waals surface area (Å²) in [6.45, 7) is 3.54. The molecule has 1 heterocycles. The molecule has 0 radical (unpaired) electrons. The highest BCUT2D eigenvalue weighted by atomic mass is 32.2. The van der Waals surface area contributed by atoms with E-state index in [2.05, 4.69) is 14.7 Å². The summed E-state index contributed by atoms with van der Waals surface area (Å²) in [6, 6.07) is 10.0. The van der Waals surface area contributed by atoms with Crippen molar-refractivity contribution in [3.05, 3.63) is 60.2 Å². The van der Waals surface area contributed by atoms with Crippen LogP contribution in [-0.4, -0.2) is 43.8 Å². The molecule has 0 amide bonds. The van der Waals surface area contributed by atoms with E-state index in [4.69, 9.17) is 19.3 Å². The summed E-state index contributed by atoms with van der Waals surface area (Å²) in [4.78, 5) is 7.93. The van der Waals surface area contributed by atoms with Gasteiger partial charge in [-0.05, 0) is 35.7 Å². The number of nitrogens with zero attached hydrogens (tertiary/aromatic N) is 2. The van der Waals surface area contributed by atoms with E-state index >= 15 is 0 Å². The first-order valence-electron chi connectivity index (χ1n) is 9.98. The van der Waals surface area contributed by atoms with Crippen molar-refractivity contribution in [1.82, 2.24) is 9.97 Å².